The van der Waals surface area contributed by atoms with Gasteiger partial charge in [-0.2, -0.15) is 12.6 Å². The molecule has 0 aliphatic heterocycles. The summed E-state index contributed by atoms with van der Waals surface area (Å²) in [7, 11) is 0. The molecule has 11 nitrogen and oxygen atoms in total. The first-order chi connectivity index (χ1) is 26.1. The highest BCUT2D eigenvalue weighted by Gasteiger charge is 2.32. The number of H-pyrrole nitrogens is 1. The average Bonchev–Trinajstić information content (AvgIpc) is 3.69. The predicted octanol–water partition coefficient (Wildman–Crippen LogP) is 6.09. The van der Waals surface area contributed by atoms with Gasteiger partial charge >= 0.3 is 12.1 Å². The van der Waals surface area contributed by atoms with E-state index in [1.165, 1.54) is 6.33 Å². The summed E-state index contributed by atoms with van der Waals surface area (Å²) in [4.78, 5) is 61.5. The fourth-order valence-electron chi connectivity index (χ4n) is 6.11. The van der Waals surface area contributed by atoms with Gasteiger partial charge in [0.1, 0.15) is 25.3 Å². The molecular formula is C42H47N5O6S. The Kier molecular flexibility index (Phi) is 14.7. The number of nitrogens with one attached hydrogen (secondary N) is 4. The van der Waals surface area contributed by atoms with Crippen LogP contribution < -0.4 is 16.0 Å². The Morgan fingerprint density at radius 2 is 1.33 bits per heavy atom. The van der Waals surface area contributed by atoms with E-state index < -0.39 is 47.3 Å². The zero-order valence-corrected chi connectivity index (χ0v) is 31.3. The number of hydrogen-bond donors (Lipinski definition) is 5. The van der Waals surface area contributed by atoms with Crippen molar-refractivity contribution in [2.24, 2.45) is 5.92 Å². The van der Waals surface area contributed by atoms with Crippen LogP contribution in [0, 0.1) is 5.92 Å². The third-order valence-corrected chi connectivity index (χ3v) is 9.40. The van der Waals surface area contributed by atoms with Crippen molar-refractivity contribution in [2.75, 3.05) is 0 Å². The lowest BCUT2D eigenvalue weighted by atomic mass is 9.97. The van der Waals surface area contributed by atoms with Gasteiger partial charge < -0.3 is 30.4 Å². The maximum atomic E-state index is 14.2. The highest BCUT2D eigenvalue weighted by atomic mass is 32.1. The topological polar surface area (TPSA) is 152 Å². The van der Waals surface area contributed by atoms with Crippen molar-refractivity contribution in [3.05, 3.63) is 138 Å². The zero-order chi connectivity index (χ0) is 38.3. The molecule has 0 spiro atoms. The Balaban J connectivity index is 1.32. The van der Waals surface area contributed by atoms with Crippen LogP contribution in [0.3, 0.4) is 0 Å². The number of imidazole rings is 1. The molecule has 5 aromatic rings. The summed E-state index contributed by atoms with van der Waals surface area (Å²) in [6.07, 6.45) is 3.04. The number of hydrogen-bond acceptors (Lipinski definition) is 8. The molecule has 3 amide bonds. The number of carbonyl (C=O) groups is 4. The minimum absolute atomic E-state index is 0.0153. The molecule has 0 fully saturated rings. The summed E-state index contributed by atoms with van der Waals surface area (Å²) >= 11 is 4.74. The Bertz CT molecular complexity index is 1950. The van der Waals surface area contributed by atoms with Gasteiger partial charge in [-0.15, -0.1) is 0 Å². The van der Waals surface area contributed by atoms with Crippen LogP contribution in [-0.4, -0.2) is 57.2 Å². The first-order valence-electron chi connectivity index (χ1n) is 18.0. The molecule has 4 atom stereocenters. The molecule has 0 saturated carbocycles. The quantitative estimate of drug-likeness (QED) is 0.0538. The van der Waals surface area contributed by atoms with Crippen LogP contribution in [0.15, 0.2) is 116 Å². The number of alkyl carbamates (subject to hydrolysis) is 1. The molecule has 5 rings (SSSR count). The predicted molar refractivity (Wildman–Crippen MR) is 210 cm³/mol. The van der Waals surface area contributed by atoms with Crippen LogP contribution in [0.1, 0.15) is 49.1 Å². The second-order valence-corrected chi connectivity index (χ2v) is 14.3. The second kappa shape index (κ2) is 20.0. The number of benzene rings is 4. The summed E-state index contributed by atoms with van der Waals surface area (Å²) in [5, 5.41) is 10.0. The Morgan fingerprint density at radius 3 is 2.00 bits per heavy atom. The Labute approximate surface area is 321 Å². The summed E-state index contributed by atoms with van der Waals surface area (Å²) in [5.74, 6) is -1.35. The van der Waals surface area contributed by atoms with Crippen LogP contribution in [0.25, 0.3) is 10.8 Å². The Hall–Kier alpha value is -5.62. The molecular weight excluding hydrogens is 703 g/mol. The maximum absolute atomic E-state index is 14.2. The molecule has 12 heteroatoms. The molecule has 282 valence electrons. The smallest absolute Gasteiger partial charge is 0.408 e. The highest BCUT2D eigenvalue weighted by Crippen LogP contribution is 2.21. The number of thiol groups is 1. The van der Waals surface area contributed by atoms with Gasteiger partial charge in [0.15, 0.2) is 0 Å². The van der Waals surface area contributed by atoms with E-state index in [2.05, 4.69) is 25.9 Å². The van der Waals surface area contributed by atoms with Crippen molar-refractivity contribution in [3.63, 3.8) is 0 Å². The van der Waals surface area contributed by atoms with Crippen molar-refractivity contribution in [1.82, 2.24) is 25.9 Å². The van der Waals surface area contributed by atoms with E-state index >= 15 is 0 Å². The number of aromatic nitrogens is 2. The first kappa shape index (κ1) is 39.6. The van der Waals surface area contributed by atoms with Crippen LogP contribution in [0.4, 0.5) is 4.79 Å². The second-order valence-electron chi connectivity index (χ2n) is 13.6. The summed E-state index contributed by atoms with van der Waals surface area (Å²) < 4.78 is 11.0. The molecule has 54 heavy (non-hydrogen) atoms. The van der Waals surface area contributed by atoms with E-state index in [0.29, 0.717) is 12.1 Å². The van der Waals surface area contributed by atoms with E-state index in [1.807, 2.05) is 117 Å². The molecule has 0 radical (unpaired) electrons. The van der Waals surface area contributed by atoms with Crippen LogP contribution in [-0.2, 0) is 49.9 Å². The van der Waals surface area contributed by atoms with Gasteiger partial charge in [-0.25, -0.2) is 9.78 Å². The van der Waals surface area contributed by atoms with Crippen molar-refractivity contribution in [1.29, 1.82) is 0 Å². The number of ether oxygens (including phenoxy) is 2. The van der Waals surface area contributed by atoms with E-state index in [4.69, 9.17) is 22.1 Å². The van der Waals surface area contributed by atoms with Crippen LogP contribution >= 0.6 is 12.6 Å². The lowest BCUT2D eigenvalue weighted by molar-refractivity contribution is -0.145. The first-order valence-corrected chi connectivity index (χ1v) is 18.6. The fourth-order valence-corrected chi connectivity index (χ4v) is 6.46. The maximum Gasteiger partial charge on any atom is 0.408 e. The fraction of sp³-hybridized carbons (Fsp3) is 0.310. The van der Waals surface area contributed by atoms with Crippen LogP contribution in [0.2, 0.25) is 0 Å². The zero-order valence-electron chi connectivity index (χ0n) is 30.4. The Morgan fingerprint density at radius 1 is 0.722 bits per heavy atom. The summed E-state index contributed by atoms with van der Waals surface area (Å²) in [5.41, 5.74) is 3.03. The van der Waals surface area contributed by atoms with Crippen molar-refractivity contribution in [3.8, 4) is 0 Å². The van der Waals surface area contributed by atoms with E-state index in [-0.39, 0.29) is 38.4 Å². The summed E-state index contributed by atoms with van der Waals surface area (Å²) in [6, 6.07) is 29.5. The molecule has 4 N–H and O–H groups in total. The molecule has 0 saturated heterocycles. The number of nitrogens with zero attached hydrogens (tertiary/aromatic N) is 1. The number of rotatable bonds is 18. The monoisotopic (exact) mass is 749 g/mol. The lowest BCUT2D eigenvalue weighted by Crippen LogP contribution is -2.57. The molecule has 0 unspecified atom stereocenters. The van der Waals surface area contributed by atoms with E-state index in [9.17, 15) is 19.2 Å². The standard InChI is InChI=1S/C42H47N5O6S/c1-28(2)20-35(38(54)23-39(48)52-25-29-12-5-3-6-13-29)45-41(50)37(22-33-24-43-27-44-33)46-40(49)36(47-42(51)53-26-30-14-7-4-8-15-30)21-32-18-11-17-31-16-9-10-19-34(31)32/h3-19,24,27-28,35-38,54H,20-23,25-26H2,1-2H3,(H,43,44)(H,45,50)(H,46,49)(H,47,51)/t35-,36-,37-,38-/m0/s1. The lowest BCUT2D eigenvalue weighted by Gasteiger charge is -2.29. The SMILES string of the molecule is CC(C)C[C@H](NC(=O)[C@H](Cc1c[nH]cn1)NC(=O)[C@H](Cc1cccc2ccccc12)NC(=O)OCc1ccccc1)[C@@H](S)CC(=O)OCc1ccccc1. The van der Waals surface area contributed by atoms with Gasteiger partial charge in [-0.1, -0.05) is 117 Å². The number of esters is 1. The van der Waals surface area contributed by atoms with Gasteiger partial charge in [-0.05, 0) is 39.8 Å². The van der Waals surface area contributed by atoms with E-state index in [0.717, 1.165) is 27.5 Å². The van der Waals surface area contributed by atoms with Gasteiger partial charge in [0.05, 0.1) is 18.4 Å². The molecule has 1 aromatic heterocycles. The third-order valence-electron chi connectivity index (χ3n) is 8.86. The largest absolute Gasteiger partial charge is 0.461 e. The minimum Gasteiger partial charge on any atom is -0.461 e. The van der Waals surface area contributed by atoms with Crippen molar-refractivity contribution < 1.29 is 28.7 Å². The summed E-state index contributed by atoms with van der Waals surface area (Å²) in [6.45, 7) is 4.17. The third kappa shape index (κ3) is 12.2. The van der Waals surface area contributed by atoms with E-state index in [1.54, 1.807) is 6.20 Å². The molecule has 0 bridgehead atoms. The molecule has 1 heterocycles. The number of fused-ring (bicyclic) bond motifs is 1. The molecule has 4 aromatic carbocycles. The molecule has 0 aliphatic rings. The number of carbonyl (C=O) groups excluding carboxylic acids is 4. The number of aromatic amines is 1. The van der Waals surface area contributed by atoms with Gasteiger partial charge in [0.25, 0.3) is 0 Å². The van der Waals surface area contributed by atoms with Crippen molar-refractivity contribution in [2.45, 2.75) is 76.1 Å². The normalized spacial score (nSPS) is 13.3. The number of amides is 3. The average molecular weight is 750 g/mol. The highest BCUT2D eigenvalue weighted by molar-refractivity contribution is 7.81. The van der Waals surface area contributed by atoms with Gasteiger partial charge in [0, 0.05) is 30.3 Å². The van der Waals surface area contributed by atoms with Crippen molar-refractivity contribution >= 4 is 47.3 Å². The molecule has 0 aliphatic carbocycles. The van der Waals surface area contributed by atoms with Gasteiger partial charge in [-0.3, -0.25) is 14.4 Å². The van der Waals surface area contributed by atoms with Gasteiger partial charge in [0.2, 0.25) is 11.8 Å². The minimum atomic E-state index is -1.10. The van der Waals surface area contributed by atoms with Crippen LogP contribution in [0.5, 0.6) is 0 Å².